The van der Waals surface area contributed by atoms with E-state index in [4.69, 9.17) is 16.3 Å². The first-order chi connectivity index (χ1) is 13.9. The number of hydrogen-bond acceptors (Lipinski definition) is 4. The van der Waals surface area contributed by atoms with E-state index in [1.165, 1.54) is 12.1 Å². The van der Waals surface area contributed by atoms with Crippen LogP contribution < -0.4 is 9.46 Å². The molecule has 2 aromatic carbocycles. The number of hydrogen-bond donors (Lipinski definition) is 1. The fraction of sp³-hybridized carbons (Fsp3) is 0.381. The molecule has 0 aliphatic carbocycles. The first-order valence-electron chi connectivity index (χ1n) is 9.75. The minimum absolute atomic E-state index is 0.0656. The van der Waals surface area contributed by atoms with Crippen LogP contribution in [0.2, 0.25) is 5.02 Å². The van der Waals surface area contributed by atoms with E-state index in [1.54, 1.807) is 35.2 Å². The van der Waals surface area contributed by atoms with Crippen LogP contribution in [0.3, 0.4) is 0 Å². The van der Waals surface area contributed by atoms with Gasteiger partial charge in [-0.1, -0.05) is 24.4 Å². The summed E-state index contributed by atoms with van der Waals surface area (Å²) in [6, 6.07) is 11.0. The predicted octanol–water partition coefficient (Wildman–Crippen LogP) is 4.56. The second-order valence-electron chi connectivity index (χ2n) is 6.91. The van der Waals surface area contributed by atoms with E-state index in [2.05, 4.69) is 4.72 Å². The van der Waals surface area contributed by atoms with Crippen molar-refractivity contribution in [1.82, 2.24) is 4.90 Å². The zero-order valence-corrected chi connectivity index (χ0v) is 17.9. The van der Waals surface area contributed by atoms with Gasteiger partial charge in [-0.25, -0.2) is 8.42 Å². The van der Waals surface area contributed by atoms with Crippen LogP contribution in [0, 0.1) is 0 Å². The van der Waals surface area contributed by atoms with Crippen molar-refractivity contribution in [3.63, 3.8) is 0 Å². The Hall–Kier alpha value is -2.25. The monoisotopic (exact) mass is 436 g/mol. The van der Waals surface area contributed by atoms with Gasteiger partial charge in [-0.3, -0.25) is 9.52 Å². The van der Waals surface area contributed by atoms with Crippen molar-refractivity contribution in [1.29, 1.82) is 0 Å². The summed E-state index contributed by atoms with van der Waals surface area (Å²) in [4.78, 5) is 14.5. The molecule has 0 radical (unpaired) electrons. The number of nitrogens with one attached hydrogen (secondary N) is 1. The molecule has 1 saturated heterocycles. The topological polar surface area (TPSA) is 75.7 Å². The Bertz CT molecular complexity index is 953. The van der Waals surface area contributed by atoms with Crippen molar-refractivity contribution in [2.75, 3.05) is 24.4 Å². The summed E-state index contributed by atoms with van der Waals surface area (Å²) in [5.74, 6) is 0.486. The number of rotatable bonds is 6. The largest absolute Gasteiger partial charge is 0.494 e. The maximum absolute atomic E-state index is 12.9. The van der Waals surface area contributed by atoms with Crippen molar-refractivity contribution in [3.8, 4) is 5.75 Å². The van der Waals surface area contributed by atoms with E-state index >= 15 is 0 Å². The summed E-state index contributed by atoms with van der Waals surface area (Å²) in [5.41, 5.74) is 0.706. The van der Waals surface area contributed by atoms with Crippen LogP contribution in [0.1, 0.15) is 43.0 Å². The summed E-state index contributed by atoms with van der Waals surface area (Å²) >= 11 is 6.17. The third-order valence-corrected chi connectivity index (χ3v) is 6.64. The molecule has 6 nitrogen and oxygen atoms in total. The first kappa shape index (κ1) is 21.5. The molecule has 1 amide bonds. The van der Waals surface area contributed by atoms with E-state index in [9.17, 15) is 13.2 Å². The SMILES string of the molecule is CCOc1ccc(NS(=O)(=O)c2cc(C(=O)N3CCCCCC3)ccc2Cl)cc1. The molecule has 1 N–H and O–H groups in total. The Kier molecular flexibility index (Phi) is 7.03. The molecule has 29 heavy (non-hydrogen) atoms. The smallest absolute Gasteiger partial charge is 0.263 e. The average molecular weight is 437 g/mol. The highest BCUT2D eigenvalue weighted by Gasteiger charge is 2.23. The lowest BCUT2D eigenvalue weighted by Gasteiger charge is -2.21. The molecule has 156 valence electrons. The highest BCUT2D eigenvalue weighted by Crippen LogP contribution is 2.27. The molecule has 8 heteroatoms. The van der Waals surface area contributed by atoms with Crippen molar-refractivity contribution < 1.29 is 17.9 Å². The second kappa shape index (κ2) is 9.50. The van der Waals surface area contributed by atoms with Gasteiger partial charge in [0.05, 0.1) is 11.6 Å². The molecular weight excluding hydrogens is 412 g/mol. The Morgan fingerprint density at radius 2 is 1.72 bits per heavy atom. The van der Waals surface area contributed by atoms with Crippen molar-refractivity contribution in [3.05, 3.63) is 53.1 Å². The summed E-state index contributed by atoms with van der Waals surface area (Å²) < 4.78 is 33.6. The molecule has 2 aromatic rings. The van der Waals surface area contributed by atoms with Crippen LogP contribution in [0.4, 0.5) is 5.69 Å². The zero-order chi connectivity index (χ0) is 20.9. The van der Waals surface area contributed by atoms with Gasteiger partial charge in [0, 0.05) is 24.3 Å². The Labute approximate surface area is 176 Å². The number of amides is 1. The average Bonchev–Trinajstić information content (AvgIpc) is 2.99. The van der Waals surface area contributed by atoms with Gasteiger partial charge in [0.15, 0.2) is 0 Å². The zero-order valence-electron chi connectivity index (χ0n) is 16.4. The minimum atomic E-state index is -3.96. The predicted molar refractivity (Wildman–Crippen MR) is 114 cm³/mol. The van der Waals surface area contributed by atoms with Crippen molar-refractivity contribution in [2.24, 2.45) is 0 Å². The highest BCUT2D eigenvalue weighted by atomic mass is 35.5. The lowest BCUT2D eigenvalue weighted by Crippen LogP contribution is -2.32. The van der Waals surface area contributed by atoms with E-state index in [-0.39, 0.29) is 15.8 Å². The number of anilines is 1. The molecule has 0 aromatic heterocycles. The summed E-state index contributed by atoms with van der Waals surface area (Å²) in [6.07, 6.45) is 4.14. The molecule has 0 bridgehead atoms. The van der Waals surface area contributed by atoms with Gasteiger partial charge in [0.1, 0.15) is 10.6 Å². The van der Waals surface area contributed by atoms with Gasteiger partial charge < -0.3 is 9.64 Å². The molecule has 1 fully saturated rings. The Morgan fingerprint density at radius 3 is 2.34 bits per heavy atom. The normalized spacial score (nSPS) is 14.9. The van der Waals surface area contributed by atoms with Crippen LogP contribution in [0.15, 0.2) is 47.4 Å². The number of halogens is 1. The molecule has 0 unspecified atom stereocenters. The van der Waals surface area contributed by atoms with Gasteiger partial charge in [0.25, 0.3) is 15.9 Å². The number of benzene rings is 2. The number of carbonyl (C=O) groups excluding carboxylic acids is 1. The van der Waals surface area contributed by atoms with Crippen LogP contribution in [0.5, 0.6) is 5.75 Å². The third kappa shape index (κ3) is 5.42. The molecule has 0 saturated carbocycles. The second-order valence-corrected chi connectivity index (χ2v) is 8.97. The Balaban J connectivity index is 1.83. The fourth-order valence-electron chi connectivity index (χ4n) is 3.29. The maximum Gasteiger partial charge on any atom is 0.263 e. The minimum Gasteiger partial charge on any atom is -0.494 e. The molecule has 1 aliphatic heterocycles. The maximum atomic E-state index is 12.9. The number of nitrogens with zero attached hydrogens (tertiary/aromatic N) is 1. The first-order valence-corrected chi connectivity index (χ1v) is 11.6. The summed E-state index contributed by atoms with van der Waals surface area (Å²) in [6.45, 7) is 3.78. The number of likely N-dealkylation sites (tertiary alicyclic amines) is 1. The van der Waals surface area contributed by atoms with Crippen molar-refractivity contribution in [2.45, 2.75) is 37.5 Å². The van der Waals surface area contributed by atoms with Crippen LogP contribution >= 0.6 is 11.6 Å². The quantitative estimate of drug-likeness (QED) is 0.720. The number of sulfonamides is 1. The molecule has 3 rings (SSSR count). The molecule has 1 aliphatic rings. The van der Waals surface area contributed by atoms with Gasteiger partial charge in [-0.2, -0.15) is 0 Å². The van der Waals surface area contributed by atoms with Gasteiger partial charge in [-0.15, -0.1) is 0 Å². The van der Waals surface area contributed by atoms with Crippen molar-refractivity contribution >= 4 is 33.2 Å². The van der Waals surface area contributed by atoms with Crippen LogP contribution in [-0.4, -0.2) is 38.9 Å². The fourth-order valence-corrected chi connectivity index (χ4v) is 4.88. The van der Waals surface area contributed by atoms with E-state index in [1.807, 2.05) is 6.92 Å². The molecular formula is C21H25ClN2O4S. The lowest BCUT2D eigenvalue weighted by atomic mass is 10.2. The standard InChI is InChI=1S/C21H25ClN2O4S/c1-2-28-18-10-8-17(9-11-18)23-29(26,27)20-15-16(7-12-19(20)22)21(25)24-13-5-3-4-6-14-24/h7-12,15,23H,2-6,13-14H2,1H3. The molecule has 0 spiro atoms. The summed E-state index contributed by atoms with van der Waals surface area (Å²) in [7, 11) is -3.96. The highest BCUT2D eigenvalue weighted by molar-refractivity contribution is 7.92. The number of carbonyl (C=O) groups is 1. The van der Waals surface area contributed by atoms with E-state index < -0.39 is 10.0 Å². The van der Waals surface area contributed by atoms with Crippen LogP contribution in [0.25, 0.3) is 0 Å². The van der Waals surface area contributed by atoms with Gasteiger partial charge >= 0.3 is 0 Å². The Morgan fingerprint density at radius 1 is 1.07 bits per heavy atom. The molecule has 0 atom stereocenters. The van der Waals surface area contributed by atoms with Gasteiger partial charge in [0.2, 0.25) is 0 Å². The van der Waals surface area contributed by atoms with E-state index in [0.29, 0.717) is 36.7 Å². The van der Waals surface area contributed by atoms with Crippen LogP contribution in [-0.2, 0) is 10.0 Å². The van der Waals surface area contributed by atoms with Gasteiger partial charge in [-0.05, 0) is 62.2 Å². The molecule has 1 heterocycles. The third-order valence-electron chi connectivity index (χ3n) is 4.78. The van der Waals surface area contributed by atoms with E-state index in [0.717, 1.165) is 25.7 Å². The summed E-state index contributed by atoms with van der Waals surface area (Å²) in [5, 5.41) is 0.0656. The lowest BCUT2D eigenvalue weighted by molar-refractivity contribution is 0.0761. The number of ether oxygens (including phenoxy) is 1.